The molecule has 1 aromatic rings. The van der Waals surface area contributed by atoms with E-state index in [1.54, 1.807) is 6.07 Å². The van der Waals surface area contributed by atoms with E-state index in [9.17, 15) is 9.90 Å². The van der Waals surface area contributed by atoms with Gasteiger partial charge in [0.25, 0.3) is 5.91 Å². The van der Waals surface area contributed by atoms with Crippen LogP contribution in [0.5, 0.6) is 0 Å². The number of halogens is 1. The van der Waals surface area contributed by atoms with Gasteiger partial charge in [-0.05, 0) is 25.0 Å². The summed E-state index contributed by atoms with van der Waals surface area (Å²) >= 11 is 5.73. The molecular formula is C12H15ClN2O2. The fourth-order valence-corrected chi connectivity index (χ4v) is 2.41. The second kappa shape index (κ2) is 5.02. The molecule has 0 aromatic carbocycles. The highest BCUT2D eigenvalue weighted by molar-refractivity contribution is 6.29. The lowest BCUT2D eigenvalue weighted by Crippen LogP contribution is -2.49. The Morgan fingerprint density at radius 2 is 2.24 bits per heavy atom. The molecule has 0 spiro atoms. The van der Waals surface area contributed by atoms with E-state index >= 15 is 0 Å². The third-order valence-corrected chi connectivity index (χ3v) is 3.44. The fourth-order valence-electron chi connectivity index (χ4n) is 2.23. The number of aliphatic hydroxyl groups excluding tert-OH is 1. The van der Waals surface area contributed by atoms with Crippen LogP contribution in [0.1, 0.15) is 36.0 Å². The molecule has 2 N–H and O–H groups in total. The van der Waals surface area contributed by atoms with Gasteiger partial charge in [0.15, 0.2) is 0 Å². The average molecular weight is 255 g/mol. The molecule has 1 fully saturated rings. The van der Waals surface area contributed by atoms with Gasteiger partial charge < -0.3 is 10.4 Å². The molecule has 0 bridgehead atoms. The Kier molecular flexibility index (Phi) is 3.64. The van der Waals surface area contributed by atoms with Gasteiger partial charge in [0.1, 0.15) is 5.15 Å². The first-order chi connectivity index (χ1) is 8.15. The Bertz CT molecular complexity index is 417. The molecule has 4 nitrogen and oxygen atoms in total. The van der Waals surface area contributed by atoms with Crippen molar-refractivity contribution in [3.63, 3.8) is 0 Å². The van der Waals surface area contributed by atoms with Crippen molar-refractivity contribution in [3.05, 3.63) is 29.0 Å². The lowest BCUT2D eigenvalue weighted by atomic mass is 9.98. The second-order valence-electron chi connectivity index (χ2n) is 4.47. The van der Waals surface area contributed by atoms with Gasteiger partial charge in [-0.1, -0.05) is 24.4 Å². The van der Waals surface area contributed by atoms with E-state index in [0.717, 1.165) is 25.7 Å². The van der Waals surface area contributed by atoms with Crippen molar-refractivity contribution in [1.82, 2.24) is 10.3 Å². The summed E-state index contributed by atoms with van der Waals surface area (Å²) in [6.07, 6.45) is 5.23. The van der Waals surface area contributed by atoms with Crippen LogP contribution in [0.15, 0.2) is 18.3 Å². The number of hydrogen-bond donors (Lipinski definition) is 2. The van der Waals surface area contributed by atoms with Crippen LogP contribution in [0.25, 0.3) is 0 Å². The Hall–Kier alpha value is -1.13. The number of carbonyl (C=O) groups excluding carboxylic acids is 1. The van der Waals surface area contributed by atoms with Crippen molar-refractivity contribution < 1.29 is 9.90 Å². The van der Waals surface area contributed by atoms with Crippen LogP contribution in [0.3, 0.4) is 0 Å². The first-order valence-electron chi connectivity index (χ1n) is 5.70. The van der Waals surface area contributed by atoms with Gasteiger partial charge >= 0.3 is 0 Å². The maximum Gasteiger partial charge on any atom is 0.251 e. The first-order valence-corrected chi connectivity index (χ1v) is 6.08. The van der Waals surface area contributed by atoms with Gasteiger partial charge in [-0.2, -0.15) is 0 Å². The van der Waals surface area contributed by atoms with E-state index in [2.05, 4.69) is 10.3 Å². The van der Waals surface area contributed by atoms with Crippen LogP contribution >= 0.6 is 11.6 Å². The molecule has 92 valence electrons. The molecule has 1 aliphatic carbocycles. The lowest BCUT2D eigenvalue weighted by Gasteiger charge is -2.27. The quantitative estimate of drug-likeness (QED) is 0.808. The zero-order chi connectivity index (χ0) is 12.3. The van der Waals surface area contributed by atoms with Gasteiger partial charge in [-0.3, -0.25) is 4.79 Å². The highest BCUT2D eigenvalue weighted by Crippen LogP contribution is 2.29. The summed E-state index contributed by atoms with van der Waals surface area (Å²) in [7, 11) is 0. The normalized spacial score (nSPS) is 18.0. The molecule has 1 saturated carbocycles. The predicted molar refractivity (Wildman–Crippen MR) is 65.0 cm³/mol. The summed E-state index contributed by atoms with van der Waals surface area (Å²) in [6.45, 7) is -0.0163. The van der Waals surface area contributed by atoms with Gasteiger partial charge in [-0.25, -0.2) is 4.98 Å². The van der Waals surface area contributed by atoms with E-state index in [0.29, 0.717) is 10.7 Å². The van der Waals surface area contributed by atoms with E-state index in [1.165, 1.54) is 12.3 Å². The minimum absolute atomic E-state index is 0.0163. The first kappa shape index (κ1) is 12.3. The Morgan fingerprint density at radius 1 is 1.53 bits per heavy atom. The summed E-state index contributed by atoms with van der Waals surface area (Å²) in [4.78, 5) is 15.8. The highest BCUT2D eigenvalue weighted by atomic mass is 35.5. The van der Waals surface area contributed by atoms with Gasteiger partial charge in [0.2, 0.25) is 0 Å². The van der Waals surface area contributed by atoms with Crippen LogP contribution in [-0.2, 0) is 0 Å². The SMILES string of the molecule is O=C(NC1(CO)CCCC1)c1ccnc(Cl)c1. The van der Waals surface area contributed by atoms with E-state index in [4.69, 9.17) is 11.6 Å². The molecule has 2 rings (SSSR count). The zero-order valence-electron chi connectivity index (χ0n) is 9.45. The van der Waals surface area contributed by atoms with E-state index < -0.39 is 5.54 Å². The third-order valence-electron chi connectivity index (χ3n) is 3.23. The number of nitrogens with one attached hydrogen (secondary N) is 1. The number of hydrogen-bond acceptors (Lipinski definition) is 3. The van der Waals surface area contributed by atoms with E-state index in [1.807, 2.05) is 0 Å². The number of aromatic nitrogens is 1. The highest BCUT2D eigenvalue weighted by Gasteiger charge is 2.34. The minimum Gasteiger partial charge on any atom is -0.394 e. The molecule has 0 radical (unpaired) electrons. The van der Waals surface area contributed by atoms with Crippen molar-refractivity contribution in [2.24, 2.45) is 0 Å². The largest absolute Gasteiger partial charge is 0.394 e. The summed E-state index contributed by atoms with van der Waals surface area (Å²) in [5.41, 5.74) is 0.0250. The van der Waals surface area contributed by atoms with Gasteiger partial charge in [-0.15, -0.1) is 0 Å². The zero-order valence-corrected chi connectivity index (χ0v) is 10.2. The molecule has 0 atom stereocenters. The fraction of sp³-hybridized carbons (Fsp3) is 0.500. The standard InChI is InChI=1S/C12H15ClN2O2/c13-10-7-9(3-6-14-10)11(17)15-12(8-16)4-1-2-5-12/h3,6-7,16H,1-2,4-5,8H2,(H,15,17). The third kappa shape index (κ3) is 2.76. The van der Waals surface area contributed by atoms with Crippen molar-refractivity contribution in [2.75, 3.05) is 6.61 Å². The lowest BCUT2D eigenvalue weighted by molar-refractivity contribution is 0.0838. The minimum atomic E-state index is -0.452. The molecule has 0 unspecified atom stereocenters. The molecular weight excluding hydrogens is 240 g/mol. The van der Waals surface area contributed by atoms with Crippen LogP contribution in [0.4, 0.5) is 0 Å². The number of amides is 1. The van der Waals surface area contributed by atoms with Gasteiger partial charge in [0, 0.05) is 11.8 Å². The summed E-state index contributed by atoms with van der Waals surface area (Å²) < 4.78 is 0. The van der Waals surface area contributed by atoms with Crippen LogP contribution in [-0.4, -0.2) is 28.1 Å². The van der Waals surface area contributed by atoms with Crippen molar-refractivity contribution in [3.8, 4) is 0 Å². The average Bonchev–Trinajstić information content (AvgIpc) is 2.78. The second-order valence-corrected chi connectivity index (χ2v) is 4.85. The molecule has 0 saturated heterocycles. The number of nitrogens with zero attached hydrogens (tertiary/aromatic N) is 1. The predicted octanol–water partition coefficient (Wildman–Crippen LogP) is 1.77. The Balaban J connectivity index is 2.11. The van der Waals surface area contributed by atoms with Gasteiger partial charge in [0.05, 0.1) is 12.1 Å². The van der Waals surface area contributed by atoms with Crippen LogP contribution < -0.4 is 5.32 Å². The van der Waals surface area contributed by atoms with Crippen molar-refractivity contribution >= 4 is 17.5 Å². The maximum atomic E-state index is 12.0. The Morgan fingerprint density at radius 3 is 2.82 bits per heavy atom. The molecule has 1 heterocycles. The monoisotopic (exact) mass is 254 g/mol. The Labute approximate surface area is 105 Å². The summed E-state index contributed by atoms with van der Waals surface area (Å²) in [5.74, 6) is -0.203. The number of aliphatic hydroxyl groups is 1. The summed E-state index contributed by atoms with van der Waals surface area (Å²) in [6, 6.07) is 3.14. The molecule has 17 heavy (non-hydrogen) atoms. The molecule has 1 amide bonds. The van der Waals surface area contributed by atoms with Crippen molar-refractivity contribution in [1.29, 1.82) is 0 Å². The van der Waals surface area contributed by atoms with Crippen molar-refractivity contribution in [2.45, 2.75) is 31.2 Å². The van der Waals surface area contributed by atoms with E-state index in [-0.39, 0.29) is 12.5 Å². The van der Waals surface area contributed by atoms with Crippen LogP contribution in [0, 0.1) is 0 Å². The van der Waals surface area contributed by atoms with Crippen LogP contribution in [0.2, 0.25) is 5.15 Å². The smallest absolute Gasteiger partial charge is 0.251 e. The number of rotatable bonds is 3. The molecule has 5 heteroatoms. The topological polar surface area (TPSA) is 62.2 Å². The maximum absolute atomic E-state index is 12.0. The number of pyridine rings is 1. The number of carbonyl (C=O) groups is 1. The summed E-state index contributed by atoms with van der Waals surface area (Å²) in [5, 5.41) is 12.6. The molecule has 0 aliphatic heterocycles. The molecule has 1 aromatic heterocycles. The molecule has 1 aliphatic rings.